The van der Waals surface area contributed by atoms with Gasteiger partial charge in [-0.05, 0) is 37.0 Å². The number of rotatable bonds is 2. The second kappa shape index (κ2) is 4.25. The van der Waals surface area contributed by atoms with Crippen LogP contribution in [-0.2, 0) is 9.59 Å². The van der Waals surface area contributed by atoms with E-state index in [9.17, 15) is 14.7 Å². The maximum absolute atomic E-state index is 12.5. The van der Waals surface area contributed by atoms with E-state index in [4.69, 9.17) is 0 Å². The molecule has 3 rings (SSSR count). The Hall–Kier alpha value is -1.06. The lowest BCUT2D eigenvalue weighted by molar-refractivity contribution is -0.150. The van der Waals surface area contributed by atoms with Crippen LogP contribution in [0.4, 0.5) is 0 Å². The summed E-state index contributed by atoms with van der Waals surface area (Å²) < 4.78 is 0. The number of aliphatic carboxylic acids is 1. The van der Waals surface area contributed by atoms with Gasteiger partial charge in [0, 0.05) is 12.5 Å². The van der Waals surface area contributed by atoms with Crippen LogP contribution in [-0.4, -0.2) is 34.5 Å². The topological polar surface area (TPSA) is 57.6 Å². The summed E-state index contributed by atoms with van der Waals surface area (Å²) in [5, 5.41) is 9.27. The SMILES string of the molecule is CC1CCN(C(=O)C2C3CCCCC32)C1C(=O)O. The summed E-state index contributed by atoms with van der Waals surface area (Å²) in [6.07, 6.45) is 5.64. The first-order valence-electron chi connectivity index (χ1n) is 7.14. The first-order chi connectivity index (χ1) is 8.61. The van der Waals surface area contributed by atoms with E-state index in [0.717, 1.165) is 6.42 Å². The molecule has 0 aromatic carbocycles. The first-order valence-corrected chi connectivity index (χ1v) is 7.14. The fourth-order valence-corrected chi connectivity index (χ4v) is 4.12. The van der Waals surface area contributed by atoms with Crippen molar-refractivity contribution in [2.75, 3.05) is 6.54 Å². The number of likely N-dealkylation sites (tertiary alicyclic amines) is 1. The van der Waals surface area contributed by atoms with Crippen LogP contribution >= 0.6 is 0 Å². The summed E-state index contributed by atoms with van der Waals surface area (Å²) in [6, 6.07) is -0.583. The zero-order valence-corrected chi connectivity index (χ0v) is 10.8. The molecular formula is C14H21NO3. The minimum atomic E-state index is -0.836. The van der Waals surface area contributed by atoms with E-state index in [2.05, 4.69) is 0 Å². The Labute approximate surface area is 107 Å². The van der Waals surface area contributed by atoms with Crippen LogP contribution in [0.1, 0.15) is 39.0 Å². The van der Waals surface area contributed by atoms with Gasteiger partial charge in [0.15, 0.2) is 0 Å². The Morgan fingerprint density at radius 2 is 1.72 bits per heavy atom. The molecule has 3 fully saturated rings. The van der Waals surface area contributed by atoms with E-state index in [-0.39, 0.29) is 17.7 Å². The van der Waals surface area contributed by atoms with Crippen molar-refractivity contribution in [3.05, 3.63) is 0 Å². The third kappa shape index (κ3) is 1.73. The summed E-state index contributed by atoms with van der Waals surface area (Å²) >= 11 is 0. The number of carbonyl (C=O) groups excluding carboxylic acids is 1. The Morgan fingerprint density at radius 3 is 2.28 bits per heavy atom. The second-order valence-corrected chi connectivity index (χ2v) is 6.22. The fourth-order valence-electron chi connectivity index (χ4n) is 4.12. The molecule has 2 aliphatic carbocycles. The van der Waals surface area contributed by atoms with Crippen molar-refractivity contribution in [1.82, 2.24) is 4.90 Å². The highest BCUT2D eigenvalue weighted by atomic mass is 16.4. The van der Waals surface area contributed by atoms with Crippen LogP contribution in [0.25, 0.3) is 0 Å². The molecule has 0 aromatic rings. The molecule has 4 nitrogen and oxygen atoms in total. The number of nitrogens with zero attached hydrogens (tertiary/aromatic N) is 1. The minimum Gasteiger partial charge on any atom is -0.480 e. The van der Waals surface area contributed by atoms with Crippen molar-refractivity contribution in [3.8, 4) is 0 Å². The molecule has 1 aliphatic heterocycles. The zero-order chi connectivity index (χ0) is 12.9. The largest absolute Gasteiger partial charge is 0.480 e. The molecule has 0 aromatic heterocycles. The monoisotopic (exact) mass is 251 g/mol. The van der Waals surface area contributed by atoms with Gasteiger partial charge in [-0.1, -0.05) is 19.8 Å². The molecule has 4 heteroatoms. The highest BCUT2D eigenvalue weighted by Gasteiger charge is 2.57. The zero-order valence-electron chi connectivity index (χ0n) is 10.8. The van der Waals surface area contributed by atoms with Crippen LogP contribution in [0, 0.1) is 23.7 Å². The molecule has 0 spiro atoms. The lowest BCUT2D eigenvalue weighted by Gasteiger charge is -2.23. The molecule has 4 unspecified atom stereocenters. The number of hydrogen-bond donors (Lipinski definition) is 1. The quantitative estimate of drug-likeness (QED) is 0.813. The molecule has 1 saturated heterocycles. The number of fused-ring (bicyclic) bond motifs is 1. The predicted molar refractivity (Wildman–Crippen MR) is 65.9 cm³/mol. The van der Waals surface area contributed by atoms with Crippen LogP contribution in [0.5, 0.6) is 0 Å². The lowest BCUT2D eigenvalue weighted by Crippen LogP contribution is -2.43. The number of carboxylic acid groups (broad SMARTS) is 1. The Bertz CT molecular complexity index is 369. The average molecular weight is 251 g/mol. The van der Waals surface area contributed by atoms with Gasteiger partial charge < -0.3 is 10.0 Å². The van der Waals surface area contributed by atoms with Gasteiger partial charge in [-0.3, -0.25) is 4.79 Å². The van der Waals surface area contributed by atoms with E-state index in [1.807, 2.05) is 6.92 Å². The number of carbonyl (C=O) groups is 2. The predicted octanol–water partition coefficient (Wildman–Crippen LogP) is 1.74. The Morgan fingerprint density at radius 1 is 1.11 bits per heavy atom. The standard InChI is InChI=1S/C14H21NO3/c1-8-6-7-15(12(8)14(17)18)13(16)11-9-4-2-3-5-10(9)11/h8-12H,2-7H2,1H3,(H,17,18). The maximum Gasteiger partial charge on any atom is 0.326 e. The minimum absolute atomic E-state index is 0.0900. The van der Waals surface area contributed by atoms with E-state index in [0.29, 0.717) is 18.4 Å². The highest BCUT2D eigenvalue weighted by Crippen LogP contribution is 2.56. The Balaban J connectivity index is 1.71. The van der Waals surface area contributed by atoms with Crippen molar-refractivity contribution in [1.29, 1.82) is 0 Å². The molecule has 1 N–H and O–H groups in total. The molecule has 1 amide bonds. The van der Waals surface area contributed by atoms with Crippen molar-refractivity contribution >= 4 is 11.9 Å². The number of amides is 1. The summed E-state index contributed by atoms with van der Waals surface area (Å²) in [5.41, 5.74) is 0. The van der Waals surface area contributed by atoms with Crippen molar-refractivity contribution in [2.45, 2.75) is 45.1 Å². The molecule has 2 saturated carbocycles. The number of carboxylic acids is 1. The van der Waals surface area contributed by atoms with Crippen LogP contribution in [0.2, 0.25) is 0 Å². The van der Waals surface area contributed by atoms with Gasteiger partial charge in [0.2, 0.25) is 5.91 Å². The first kappa shape index (κ1) is 12.0. The molecular weight excluding hydrogens is 230 g/mol. The fraction of sp³-hybridized carbons (Fsp3) is 0.857. The summed E-state index contributed by atoms with van der Waals surface area (Å²) in [4.78, 5) is 25.4. The molecule has 100 valence electrons. The third-order valence-electron chi connectivity index (χ3n) is 5.18. The molecule has 1 heterocycles. The van der Waals surface area contributed by atoms with Gasteiger partial charge in [0.1, 0.15) is 6.04 Å². The van der Waals surface area contributed by atoms with E-state index >= 15 is 0 Å². The lowest BCUT2D eigenvalue weighted by atomic mass is 10.0. The van der Waals surface area contributed by atoms with E-state index in [1.54, 1.807) is 4.90 Å². The summed E-state index contributed by atoms with van der Waals surface area (Å²) in [5.74, 6) is 0.667. The molecule has 0 radical (unpaired) electrons. The van der Waals surface area contributed by atoms with Gasteiger partial charge in [0.25, 0.3) is 0 Å². The van der Waals surface area contributed by atoms with Crippen LogP contribution in [0.15, 0.2) is 0 Å². The molecule has 0 bridgehead atoms. The normalized spacial score (nSPS) is 42.5. The van der Waals surface area contributed by atoms with Crippen molar-refractivity contribution in [2.24, 2.45) is 23.7 Å². The van der Waals surface area contributed by atoms with Crippen molar-refractivity contribution in [3.63, 3.8) is 0 Å². The molecule has 3 aliphatic rings. The van der Waals surface area contributed by atoms with Gasteiger partial charge in [-0.25, -0.2) is 4.79 Å². The average Bonchev–Trinajstić information content (AvgIpc) is 2.94. The smallest absolute Gasteiger partial charge is 0.326 e. The van der Waals surface area contributed by atoms with Crippen molar-refractivity contribution < 1.29 is 14.7 Å². The third-order valence-corrected chi connectivity index (χ3v) is 5.18. The molecule has 18 heavy (non-hydrogen) atoms. The van der Waals surface area contributed by atoms with Crippen LogP contribution < -0.4 is 0 Å². The van der Waals surface area contributed by atoms with Gasteiger partial charge in [-0.15, -0.1) is 0 Å². The summed E-state index contributed by atoms with van der Waals surface area (Å²) in [7, 11) is 0. The maximum atomic E-state index is 12.5. The summed E-state index contributed by atoms with van der Waals surface area (Å²) in [6.45, 7) is 2.57. The Kier molecular flexibility index (Phi) is 2.83. The van der Waals surface area contributed by atoms with Gasteiger partial charge in [-0.2, -0.15) is 0 Å². The highest BCUT2D eigenvalue weighted by molar-refractivity contribution is 5.88. The number of hydrogen-bond acceptors (Lipinski definition) is 2. The van der Waals surface area contributed by atoms with Gasteiger partial charge in [0.05, 0.1) is 0 Å². The second-order valence-electron chi connectivity index (χ2n) is 6.22. The molecule has 4 atom stereocenters. The van der Waals surface area contributed by atoms with E-state index < -0.39 is 12.0 Å². The van der Waals surface area contributed by atoms with E-state index in [1.165, 1.54) is 25.7 Å². The van der Waals surface area contributed by atoms with Crippen LogP contribution in [0.3, 0.4) is 0 Å². The van der Waals surface area contributed by atoms with Gasteiger partial charge >= 0.3 is 5.97 Å².